The first-order valence-corrected chi connectivity index (χ1v) is 9.15. The standard InChI is InChI=1S/C23H21FN2O/c1-17-4-2-5-18(12-17)8-9-20-14-22-23(27)26(11-10-25(22)15-20)16-19-6-3-7-21(24)13-19/h2-7,12-14,22H,10-11,15-16H2,1H3. The summed E-state index contributed by atoms with van der Waals surface area (Å²) >= 11 is 0. The van der Waals surface area contributed by atoms with E-state index in [1.165, 1.54) is 17.7 Å². The Morgan fingerprint density at radius 1 is 1.11 bits per heavy atom. The molecule has 2 aliphatic heterocycles. The van der Waals surface area contributed by atoms with Gasteiger partial charge in [0.05, 0.1) is 0 Å². The van der Waals surface area contributed by atoms with Crippen molar-refractivity contribution in [2.45, 2.75) is 19.5 Å². The summed E-state index contributed by atoms with van der Waals surface area (Å²) in [5, 5.41) is 0. The zero-order valence-electron chi connectivity index (χ0n) is 15.3. The molecule has 4 rings (SSSR count). The van der Waals surface area contributed by atoms with Crippen LogP contribution in [0.25, 0.3) is 0 Å². The van der Waals surface area contributed by atoms with Gasteiger partial charge < -0.3 is 4.90 Å². The van der Waals surface area contributed by atoms with Crippen molar-refractivity contribution in [1.29, 1.82) is 0 Å². The number of halogens is 1. The van der Waals surface area contributed by atoms with E-state index in [1.54, 1.807) is 6.07 Å². The highest BCUT2D eigenvalue weighted by Crippen LogP contribution is 2.23. The number of fused-ring (bicyclic) bond motifs is 1. The Morgan fingerprint density at radius 2 is 1.96 bits per heavy atom. The molecule has 2 heterocycles. The van der Waals surface area contributed by atoms with E-state index in [2.05, 4.69) is 22.8 Å². The van der Waals surface area contributed by atoms with Gasteiger partial charge in [-0.05, 0) is 48.4 Å². The van der Waals surface area contributed by atoms with Gasteiger partial charge in [-0.15, -0.1) is 0 Å². The Balaban J connectivity index is 1.47. The quantitative estimate of drug-likeness (QED) is 0.768. The van der Waals surface area contributed by atoms with Crippen molar-refractivity contribution in [2.24, 2.45) is 0 Å². The molecule has 27 heavy (non-hydrogen) atoms. The molecule has 1 saturated heterocycles. The molecule has 1 fully saturated rings. The summed E-state index contributed by atoms with van der Waals surface area (Å²) in [5.74, 6) is 6.22. The van der Waals surface area contributed by atoms with Gasteiger partial charge in [0.25, 0.3) is 0 Å². The number of hydrogen-bond donors (Lipinski definition) is 0. The number of carbonyl (C=O) groups excluding carboxylic acids is 1. The first kappa shape index (κ1) is 17.5. The van der Waals surface area contributed by atoms with E-state index in [-0.39, 0.29) is 17.8 Å². The second-order valence-corrected chi connectivity index (χ2v) is 7.12. The van der Waals surface area contributed by atoms with Crippen LogP contribution in [0.5, 0.6) is 0 Å². The van der Waals surface area contributed by atoms with Gasteiger partial charge in [0.2, 0.25) is 5.91 Å². The number of amides is 1. The minimum atomic E-state index is -0.270. The Kier molecular flexibility index (Phi) is 4.79. The number of aryl methyl sites for hydroxylation is 1. The van der Waals surface area contributed by atoms with Gasteiger partial charge in [-0.2, -0.15) is 0 Å². The average Bonchev–Trinajstić information content (AvgIpc) is 3.07. The van der Waals surface area contributed by atoms with Crippen molar-refractivity contribution in [3.8, 4) is 11.8 Å². The molecule has 0 aliphatic carbocycles. The van der Waals surface area contributed by atoms with Gasteiger partial charge in [-0.25, -0.2) is 4.39 Å². The van der Waals surface area contributed by atoms with Gasteiger partial charge >= 0.3 is 0 Å². The molecule has 0 spiro atoms. The fraction of sp³-hybridized carbons (Fsp3) is 0.261. The molecule has 2 aromatic rings. The van der Waals surface area contributed by atoms with E-state index in [0.29, 0.717) is 19.6 Å². The molecule has 3 nitrogen and oxygen atoms in total. The highest BCUT2D eigenvalue weighted by atomic mass is 19.1. The molecule has 0 aromatic heterocycles. The molecule has 2 aliphatic rings. The van der Waals surface area contributed by atoms with Gasteiger partial charge in [0.1, 0.15) is 11.9 Å². The molecular formula is C23H21FN2O. The third kappa shape index (κ3) is 3.94. The average molecular weight is 360 g/mol. The highest BCUT2D eigenvalue weighted by Gasteiger charge is 2.37. The van der Waals surface area contributed by atoms with Gasteiger partial charge in [0.15, 0.2) is 0 Å². The molecular weight excluding hydrogens is 339 g/mol. The largest absolute Gasteiger partial charge is 0.335 e. The van der Waals surface area contributed by atoms with E-state index in [4.69, 9.17) is 0 Å². The number of rotatable bonds is 2. The fourth-order valence-corrected chi connectivity index (χ4v) is 3.63. The minimum Gasteiger partial charge on any atom is -0.335 e. The monoisotopic (exact) mass is 360 g/mol. The molecule has 2 aromatic carbocycles. The molecule has 1 atom stereocenters. The topological polar surface area (TPSA) is 23.6 Å². The lowest BCUT2D eigenvalue weighted by atomic mass is 10.1. The molecule has 0 radical (unpaired) electrons. The van der Waals surface area contributed by atoms with Gasteiger partial charge in [0, 0.05) is 37.3 Å². The predicted octanol–water partition coefficient (Wildman–Crippen LogP) is 3.14. The van der Waals surface area contributed by atoms with Crippen LogP contribution in [0.2, 0.25) is 0 Å². The minimum absolute atomic E-state index is 0.0675. The number of hydrogen-bond acceptors (Lipinski definition) is 2. The zero-order chi connectivity index (χ0) is 18.8. The lowest BCUT2D eigenvalue weighted by molar-refractivity contribution is -0.139. The van der Waals surface area contributed by atoms with Crippen LogP contribution in [0.4, 0.5) is 4.39 Å². The van der Waals surface area contributed by atoms with Crippen molar-refractivity contribution >= 4 is 5.91 Å². The first-order valence-electron chi connectivity index (χ1n) is 9.15. The van der Waals surface area contributed by atoms with Crippen LogP contribution < -0.4 is 0 Å². The maximum Gasteiger partial charge on any atom is 0.244 e. The van der Waals surface area contributed by atoms with E-state index < -0.39 is 0 Å². The molecule has 4 heteroatoms. The zero-order valence-corrected chi connectivity index (χ0v) is 15.3. The Morgan fingerprint density at radius 3 is 2.78 bits per heavy atom. The van der Waals surface area contributed by atoms with Crippen molar-refractivity contribution < 1.29 is 9.18 Å². The summed E-state index contributed by atoms with van der Waals surface area (Å²) in [5.41, 5.74) is 3.98. The Bertz CT molecular complexity index is 970. The molecule has 136 valence electrons. The van der Waals surface area contributed by atoms with Gasteiger partial charge in [-0.1, -0.05) is 36.1 Å². The molecule has 1 unspecified atom stereocenters. The second kappa shape index (κ2) is 7.38. The van der Waals surface area contributed by atoms with Crippen LogP contribution >= 0.6 is 0 Å². The number of carbonyl (C=O) groups is 1. The van der Waals surface area contributed by atoms with Crippen molar-refractivity contribution in [2.75, 3.05) is 19.6 Å². The molecule has 0 saturated carbocycles. The summed E-state index contributed by atoms with van der Waals surface area (Å²) in [4.78, 5) is 16.8. The third-order valence-corrected chi connectivity index (χ3v) is 5.00. The SMILES string of the molecule is Cc1cccc(C#CC2=CC3C(=O)N(Cc4cccc(F)c4)CCN3C2)c1. The van der Waals surface area contributed by atoms with Crippen LogP contribution in [-0.2, 0) is 11.3 Å². The lowest BCUT2D eigenvalue weighted by Crippen LogP contribution is -2.54. The summed E-state index contributed by atoms with van der Waals surface area (Å²) in [7, 11) is 0. The van der Waals surface area contributed by atoms with Crippen molar-refractivity contribution in [1.82, 2.24) is 9.80 Å². The van der Waals surface area contributed by atoms with E-state index in [1.807, 2.05) is 42.2 Å². The van der Waals surface area contributed by atoms with E-state index in [0.717, 1.165) is 23.2 Å². The van der Waals surface area contributed by atoms with Crippen LogP contribution in [0, 0.1) is 24.6 Å². The molecule has 1 amide bonds. The Labute approximate surface area is 159 Å². The maximum absolute atomic E-state index is 13.4. The smallest absolute Gasteiger partial charge is 0.244 e. The van der Waals surface area contributed by atoms with E-state index in [9.17, 15) is 9.18 Å². The highest BCUT2D eigenvalue weighted by molar-refractivity contribution is 5.85. The maximum atomic E-state index is 13.4. The predicted molar refractivity (Wildman–Crippen MR) is 103 cm³/mol. The van der Waals surface area contributed by atoms with E-state index >= 15 is 0 Å². The number of benzene rings is 2. The first-order chi connectivity index (χ1) is 13.1. The van der Waals surface area contributed by atoms with Crippen molar-refractivity contribution in [3.63, 3.8) is 0 Å². The van der Waals surface area contributed by atoms with Crippen LogP contribution in [0.1, 0.15) is 16.7 Å². The van der Waals surface area contributed by atoms with Crippen molar-refractivity contribution in [3.05, 3.63) is 82.7 Å². The summed E-state index contributed by atoms with van der Waals surface area (Å²) in [6, 6.07) is 14.3. The van der Waals surface area contributed by atoms with Crippen LogP contribution in [-0.4, -0.2) is 41.4 Å². The molecule has 0 N–H and O–H groups in total. The van der Waals surface area contributed by atoms with Gasteiger partial charge in [-0.3, -0.25) is 9.69 Å². The second-order valence-electron chi connectivity index (χ2n) is 7.12. The van der Waals surface area contributed by atoms with Crippen LogP contribution in [0.3, 0.4) is 0 Å². The summed E-state index contributed by atoms with van der Waals surface area (Å²) in [6.45, 7) is 4.66. The summed E-state index contributed by atoms with van der Waals surface area (Å²) < 4.78 is 13.4. The van der Waals surface area contributed by atoms with Crippen LogP contribution in [0.15, 0.2) is 60.2 Å². The Hall–Kier alpha value is -2.90. The summed E-state index contributed by atoms with van der Waals surface area (Å²) in [6.07, 6.45) is 1.98. The lowest BCUT2D eigenvalue weighted by Gasteiger charge is -2.36. The third-order valence-electron chi connectivity index (χ3n) is 5.00. The normalized spacial score (nSPS) is 19.3. The number of piperazine rings is 1. The molecule has 0 bridgehead atoms. The fourth-order valence-electron chi connectivity index (χ4n) is 3.63. The number of nitrogens with zero attached hydrogens (tertiary/aromatic N) is 2.